The maximum Gasteiger partial charge on any atom is 0.272 e. The Morgan fingerprint density at radius 3 is 2.79 bits per heavy atom. The summed E-state index contributed by atoms with van der Waals surface area (Å²) in [6.07, 6.45) is 3.03. The number of amides is 1. The van der Waals surface area contributed by atoms with E-state index in [1.807, 2.05) is 37.3 Å². The smallest absolute Gasteiger partial charge is 0.272 e. The zero-order chi connectivity index (χ0) is 16.9. The fourth-order valence-corrected chi connectivity index (χ4v) is 3.15. The molecule has 24 heavy (non-hydrogen) atoms. The Kier molecular flexibility index (Phi) is 5.20. The van der Waals surface area contributed by atoms with Gasteiger partial charge in [-0.05, 0) is 32.0 Å². The van der Waals surface area contributed by atoms with Gasteiger partial charge >= 0.3 is 0 Å². The van der Waals surface area contributed by atoms with Crippen molar-refractivity contribution >= 4 is 22.5 Å². The molecule has 0 unspecified atom stereocenters. The standard InChI is InChI=1S/C19H24N4O/c1-3-10-23-11-8-15(9-12-23)21-22-19(24)17-13-14(2)20-18-7-5-4-6-16(17)18/h4-7,13H,3,8-12H2,1-2H3,(H,22,24). The van der Waals surface area contributed by atoms with Crippen LogP contribution in [-0.4, -0.2) is 41.1 Å². The third-order valence-electron chi connectivity index (χ3n) is 4.38. The van der Waals surface area contributed by atoms with Crippen LogP contribution in [0.2, 0.25) is 0 Å². The number of likely N-dealkylation sites (tertiary alicyclic amines) is 1. The van der Waals surface area contributed by atoms with Crippen molar-refractivity contribution < 1.29 is 4.79 Å². The van der Waals surface area contributed by atoms with Gasteiger partial charge in [-0.1, -0.05) is 25.1 Å². The molecule has 1 aromatic carbocycles. The number of nitrogens with one attached hydrogen (secondary N) is 1. The lowest BCUT2D eigenvalue weighted by molar-refractivity contribution is 0.0956. The van der Waals surface area contributed by atoms with Gasteiger partial charge in [0.1, 0.15) is 0 Å². The molecule has 1 amide bonds. The molecule has 2 aromatic rings. The summed E-state index contributed by atoms with van der Waals surface area (Å²) >= 11 is 0. The van der Waals surface area contributed by atoms with E-state index in [0.717, 1.165) is 54.8 Å². The van der Waals surface area contributed by atoms with Crippen molar-refractivity contribution in [1.29, 1.82) is 0 Å². The second-order valence-electron chi connectivity index (χ2n) is 6.29. The number of para-hydroxylation sites is 1. The molecule has 1 saturated heterocycles. The first-order valence-electron chi connectivity index (χ1n) is 8.62. The van der Waals surface area contributed by atoms with Gasteiger partial charge in [0.05, 0.1) is 11.1 Å². The number of hydrazone groups is 1. The molecule has 1 aliphatic heterocycles. The van der Waals surface area contributed by atoms with E-state index in [2.05, 4.69) is 27.3 Å². The number of hydrogen-bond acceptors (Lipinski definition) is 4. The SMILES string of the molecule is CCCN1CCC(=NNC(=O)c2cc(C)nc3ccccc23)CC1. The van der Waals surface area contributed by atoms with Gasteiger partial charge in [-0.2, -0.15) is 5.10 Å². The highest BCUT2D eigenvalue weighted by Crippen LogP contribution is 2.18. The van der Waals surface area contributed by atoms with Crippen LogP contribution in [0.25, 0.3) is 10.9 Å². The Hall–Kier alpha value is -2.27. The van der Waals surface area contributed by atoms with E-state index in [1.54, 1.807) is 0 Å². The summed E-state index contributed by atoms with van der Waals surface area (Å²) < 4.78 is 0. The minimum absolute atomic E-state index is 0.166. The second-order valence-corrected chi connectivity index (χ2v) is 6.29. The Balaban J connectivity index is 1.71. The van der Waals surface area contributed by atoms with Crippen molar-refractivity contribution in [3.63, 3.8) is 0 Å². The van der Waals surface area contributed by atoms with Gasteiger partial charge in [-0.25, -0.2) is 5.43 Å². The fourth-order valence-electron chi connectivity index (χ4n) is 3.15. The zero-order valence-corrected chi connectivity index (χ0v) is 14.4. The summed E-state index contributed by atoms with van der Waals surface area (Å²) in [6, 6.07) is 9.52. The molecular weight excluding hydrogens is 300 g/mol. The predicted octanol–water partition coefficient (Wildman–Crippen LogP) is 3.13. The number of piperidine rings is 1. The molecule has 1 fully saturated rings. The van der Waals surface area contributed by atoms with Crippen LogP contribution in [0.4, 0.5) is 0 Å². The summed E-state index contributed by atoms with van der Waals surface area (Å²) in [5.41, 5.74) is 6.11. The van der Waals surface area contributed by atoms with Crippen molar-refractivity contribution in [2.45, 2.75) is 33.1 Å². The molecule has 0 spiro atoms. The van der Waals surface area contributed by atoms with Crippen LogP contribution in [-0.2, 0) is 0 Å². The summed E-state index contributed by atoms with van der Waals surface area (Å²) in [5, 5.41) is 5.22. The largest absolute Gasteiger partial charge is 0.303 e. The van der Waals surface area contributed by atoms with Crippen LogP contribution in [0, 0.1) is 6.92 Å². The lowest BCUT2D eigenvalue weighted by atomic mass is 10.1. The molecule has 5 heteroatoms. The van der Waals surface area contributed by atoms with E-state index >= 15 is 0 Å². The number of nitrogens with zero attached hydrogens (tertiary/aromatic N) is 3. The maximum absolute atomic E-state index is 12.6. The summed E-state index contributed by atoms with van der Waals surface area (Å²) in [6.45, 7) is 7.30. The number of pyridine rings is 1. The molecule has 0 bridgehead atoms. The van der Waals surface area contributed by atoms with Crippen LogP contribution in [0.1, 0.15) is 42.2 Å². The molecule has 2 heterocycles. The van der Waals surface area contributed by atoms with Crippen LogP contribution in [0.3, 0.4) is 0 Å². The minimum Gasteiger partial charge on any atom is -0.303 e. The van der Waals surface area contributed by atoms with E-state index < -0.39 is 0 Å². The van der Waals surface area contributed by atoms with Gasteiger partial charge in [0.15, 0.2) is 0 Å². The van der Waals surface area contributed by atoms with Crippen molar-refractivity contribution in [2.24, 2.45) is 5.10 Å². The molecule has 5 nitrogen and oxygen atoms in total. The average molecular weight is 324 g/mol. The van der Waals surface area contributed by atoms with E-state index in [1.165, 1.54) is 6.42 Å². The predicted molar refractivity (Wildman–Crippen MR) is 97.3 cm³/mol. The third kappa shape index (κ3) is 3.79. The molecule has 3 rings (SSSR count). The Labute approximate surface area is 142 Å². The Morgan fingerprint density at radius 1 is 1.29 bits per heavy atom. The van der Waals surface area contributed by atoms with Crippen molar-refractivity contribution in [3.05, 3.63) is 41.6 Å². The van der Waals surface area contributed by atoms with E-state index in [0.29, 0.717) is 5.56 Å². The summed E-state index contributed by atoms with van der Waals surface area (Å²) in [7, 11) is 0. The molecule has 1 aromatic heterocycles. The zero-order valence-electron chi connectivity index (χ0n) is 14.4. The lowest BCUT2D eigenvalue weighted by Gasteiger charge is -2.26. The molecule has 1 N–H and O–H groups in total. The number of rotatable bonds is 4. The highest BCUT2D eigenvalue weighted by Gasteiger charge is 2.15. The average Bonchev–Trinajstić information content (AvgIpc) is 2.60. The second kappa shape index (κ2) is 7.53. The highest BCUT2D eigenvalue weighted by molar-refractivity contribution is 6.06. The number of aromatic nitrogens is 1. The van der Waals surface area contributed by atoms with Gasteiger partial charge in [-0.3, -0.25) is 9.78 Å². The quantitative estimate of drug-likeness (QED) is 0.879. The van der Waals surface area contributed by atoms with Gasteiger partial charge in [0, 0.05) is 42.7 Å². The van der Waals surface area contributed by atoms with Gasteiger partial charge in [-0.15, -0.1) is 0 Å². The highest BCUT2D eigenvalue weighted by atomic mass is 16.2. The van der Waals surface area contributed by atoms with E-state index in [9.17, 15) is 4.79 Å². The monoisotopic (exact) mass is 324 g/mol. The number of aryl methyl sites for hydroxylation is 1. The first-order valence-corrected chi connectivity index (χ1v) is 8.62. The third-order valence-corrected chi connectivity index (χ3v) is 4.38. The van der Waals surface area contributed by atoms with Gasteiger partial charge in [0.2, 0.25) is 0 Å². The number of carbonyl (C=O) groups is 1. The molecule has 126 valence electrons. The molecular formula is C19H24N4O. The Morgan fingerprint density at radius 2 is 2.04 bits per heavy atom. The topological polar surface area (TPSA) is 57.6 Å². The first kappa shape index (κ1) is 16.6. The van der Waals surface area contributed by atoms with E-state index in [4.69, 9.17) is 0 Å². The van der Waals surface area contributed by atoms with Crippen LogP contribution < -0.4 is 5.43 Å². The fraction of sp³-hybridized carbons (Fsp3) is 0.421. The van der Waals surface area contributed by atoms with Crippen molar-refractivity contribution in [2.75, 3.05) is 19.6 Å². The van der Waals surface area contributed by atoms with Gasteiger partial charge in [0.25, 0.3) is 5.91 Å². The Bertz CT molecular complexity index is 759. The van der Waals surface area contributed by atoms with E-state index in [-0.39, 0.29) is 5.91 Å². The number of carbonyl (C=O) groups excluding carboxylic acids is 1. The van der Waals surface area contributed by atoms with Gasteiger partial charge < -0.3 is 4.90 Å². The van der Waals surface area contributed by atoms with Crippen molar-refractivity contribution in [1.82, 2.24) is 15.3 Å². The molecule has 0 atom stereocenters. The molecule has 0 saturated carbocycles. The number of hydrogen-bond donors (Lipinski definition) is 1. The molecule has 1 aliphatic rings. The summed E-state index contributed by atoms with van der Waals surface area (Å²) in [4.78, 5) is 19.5. The van der Waals surface area contributed by atoms with Crippen LogP contribution >= 0.6 is 0 Å². The first-order chi connectivity index (χ1) is 11.7. The van der Waals surface area contributed by atoms with Crippen LogP contribution in [0.15, 0.2) is 35.4 Å². The normalized spacial score (nSPS) is 15.5. The lowest BCUT2D eigenvalue weighted by Crippen LogP contribution is -2.35. The molecule has 0 radical (unpaired) electrons. The maximum atomic E-state index is 12.6. The van der Waals surface area contributed by atoms with Crippen LogP contribution in [0.5, 0.6) is 0 Å². The number of benzene rings is 1. The summed E-state index contributed by atoms with van der Waals surface area (Å²) in [5.74, 6) is -0.166. The molecule has 0 aliphatic carbocycles. The number of fused-ring (bicyclic) bond motifs is 1. The minimum atomic E-state index is -0.166. The van der Waals surface area contributed by atoms with Crippen molar-refractivity contribution in [3.8, 4) is 0 Å².